The van der Waals surface area contributed by atoms with Gasteiger partial charge in [0.05, 0.1) is 48.4 Å². The zero-order chi connectivity index (χ0) is 22.5. The first-order valence-corrected chi connectivity index (χ1v) is 10.8. The van der Waals surface area contributed by atoms with E-state index in [1.54, 1.807) is 24.7 Å². The maximum absolute atomic E-state index is 13.2. The minimum Gasteiger partial charge on any atom is -0.373 e. The first-order chi connectivity index (χ1) is 15.6. The molecule has 1 aliphatic heterocycles. The third-order valence-corrected chi connectivity index (χ3v) is 5.67. The third-order valence-electron chi connectivity index (χ3n) is 5.67. The highest BCUT2D eigenvalue weighted by molar-refractivity contribution is 6.01. The summed E-state index contributed by atoms with van der Waals surface area (Å²) in [5.41, 5.74) is 3.33. The second kappa shape index (κ2) is 9.74. The Morgan fingerprint density at radius 2 is 1.97 bits per heavy atom. The van der Waals surface area contributed by atoms with Gasteiger partial charge in [0.25, 0.3) is 11.8 Å². The normalized spacial score (nSPS) is 14.8. The Bertz CT molecular complexity index is 1080. The highest BCUT2D eigenvalue weighted by atomic mass is 16.5. The Labute approximate surface area is 187 Å². The van der Waals surface area contributed by atoms with Crippen LogP contribution in [0, 0.1) is 0 Å². The van der Waals surface area contributed by atoms with Crippen molar-refractivity contribution in [3.8, 4) is 0 Å². The number of hydrogen-bond acceptors (Lipinski definition) is 5. The molecule has 1 aromatic carbocycles. The first kappa shape index (κ1) is 21.7. The molecule has 0 saturated heterocycles. The van der Waals surface area contributed by atoms with Crippen molar-refractivity contribution < 1.29 is 14.3 Å². The van der Waals surface area contributed by atoms with Crippen LogP contribution in [0.25, 0.3) is 0 Å². The summed E-state index contributed by atoms with van der Waals surface area (Å²) >= 11 is 0. The van der Waals surface area contributed by atoms with E-state index in [0.717, 1.165) is 12.0 Å². The molecular formula is C24H27N5O3. The number of nitrogens with one attached hydrogen (secondary N) is 2. The zero-order valence-corrected chi connectivity index (χ0v) is 18.2. The van der Waals surface area contributed by atoms with Gasteiger partial charge < -0.3 is 19.9 Å². The number of hydrogen-bond donors (Lipinski definition) is 2. The van der Waals surface area contributed by atoms with E-state index in [1.165, 1.54) is 0 Å². The van der Waals surface area contributed by atoms with Gasteiger partial charge in [-0.1, -0.05) is 37.3 Å². The van der Waals surface area contributed by atoms with Gasteiger partial charge in [0.15, 0.2) is 0 Å². The molecule has 3 aromatic rings. The van der Waals surface area contributed by atoms with E-state index < -0.39 is 0 Å². The van der Waals surface area contributed by atoms with Crippen molar-refractivity contribution in [1.82, 2.24) is 25.2 Å². The summed E-state index contributed by atoms with van der Waals surface area (Å²) < 4.78 is 7.47. The monoisotopic (exact) mass is 433 g/mol. The SMILES string of the molecule is CCC(NC(=O)c1cc(C(=O)NC(C)c2cnccn2)c2n1CCOC2)c1ccccc1. The summed E-state index contributed by atoms with van der Waals surface area (Å²) in [6.07, 6.45) is 5.56. The average molecular weight is 434 g/mol. The molecule has 0 radical (unpaired) electrons. The van der Waals surface area contributed by atoms with Gasteiger partial charge in [-0.2, -0.15) is 0 Å². The van der Waals surface area contributed by atoms with Gasteiger partial charge in [0.1, 0.15) is 5.69 Å². The fourth-order valence-electron chi connectivity index (χ4n) is 3.93. The van der Waals surface area contributed by atoms with Crippen LogP contribution in [0.15, 0.2) is 55.0 Å². The van der Waals surface area contributed by atoms with E-state index >= 15 is 0 Å². The Hall–Kier alpha value is -3.52. The molecule has 0 spiro atoms. The van der Waals surface area contributed by atoms with Crippen molar-refractivity contribution in [3.63, 3.8) is 0 Å². The van der Waals surface area contributed by atoms with Crippen molar-refractivity contribution >= 4 is 11.8 Å². The van der Waals surface area contributed by atoms with Gasteiger partial charge in [0.2, 0.25) is 0 Å². The molecule has 0 fully saturated rings. The molecule has 3 heterocycles. The van der Waals surface area contributed by atoms with Crippen molar-refractivity contribution in [2.75, 3.05) is 6.61 Å². The van der Waals surface area contributed by atoms with Gasteiger partial charge in [-0.15, -0.1) is 0 Å². The minimum absolute atomic E-state index is 0.108. The fraction of sp³-hybridized carbons (Fsp3) is 0.333. The summed E-state index contributed by atoms with van der Waals surface area (Å²) in [5, 5.41) is 6.07. The Kier molecular flexibility index (Phi) is 6.61. The molecule has 2 atom stereocenters. The molecule has 2 aromatic heterocycles. The van der Waals surface area contributed by atoms with Crippen molar-refractivity contribution in [1.29, 1.82) is 0 Å². The predicted octanol–water partition coefficient (Wildman–Crippen LogP) is 3.18. The van der Waals surface area contributed by atoms with Crippen LogP contribution < -0.4 is 10.6 Å². The van der Waals surface area contributed by atoms with Gasteiger partial charge in [-0.25, -0.2) is 0 Å². The molecule has 8 nitrogen and oxygen atoms in total. The van der Waals surface area contributed by atoms with E-state index in [-0.39, 0.29) is 30.5 Å². The number of aromatic nitrogens is 3. The smallest absolute Gasteiger partial charge is 0.268 e. The second-order valence-corrected chi connectivity index (χ2v) is 7.76. The van der Waals surface area contributed by atoms with Crippen LogP contribution in [0.4, 0.5) is 0 Å². The van der Waals surface area contributed by atoms with Crippen LogP contribution in [0.1, 0.15) is 70.1 Å². The number of nitrogens with zero attached hydrogens (tertiary/aromatic N) is 3. The highest BCUT2D eigenvalue weighted by Gasteiger charge is 2.27. The van der Waals surface area contributed by atoms with Crippen molar-refractivity contribution in [3.05, 3.63) is 83.2 Å². The number of benzene rings is 1. The lowest BCUT2D eigenvalue weighted by atomic mass is 10.0. The summed E-state index contributed by atoms with van der Waals surface area (Å²) in [6, 6.07) is 11.1. The molecule has 2 amide bonds. The van der Waals surface area contributed by atoms with Crippen LogP contribution in [-0.4, -0.2) is 33.0 Å². The summed E-state index contributed by atoms with van der Waals surface area (Å²) in [5.74, 6) is -0.476. The number of ether oxygens (including phenoxy) is 1. The van der Waals surface area contributed by atoms with Crippen LogP contribution in [0.2, 0.25) is 0 Å². The summed E-state index contributed by atoms with van der Waals surface area (Å²) in [6.45, 7) is 5.18. The molecule has 2 unspecified atom stereocenters. The Morgan fingerprint density at radius 3 is 2.69 bits per heavy atom. The molecule has 2 N–H and O–H groups in total. The van der Waals surface area contributed by atoms with Gasteiger partial charge >= 0.3 is 0 Å². The lowest BCUT2D eigenvalue weighted by Gasteiger charge is -2.21. The molecular weight excluding hydrogens is 406 g/mol. The topological polar surface area (TPSA) is 98.1 Å². The van der Waals surface area contributed by atoms with Crippen molar-refractivity contribution in [2.45, 2.75) is 45.5 Å². The summed E-state index contributed by atoms with van der Waals surface area (Å²) in [4.78, 5) is 34.6. The maximum Gasteiger partial charge on any atom is 0.268 e. The third kappa shape index (κ3) is 4.55. The van der Waals surface area contributed by atoms with Crippen LogP contribution >= 0.6 is 0 Å². The largest absolute Gasteiger partial charge is 0.373 e. The van der Waals surface area contributed by atoms with E-state index in [1.807, 2.05) is 48.7 Å². The molecule has 0 saturated carbocycles. The van der Waals surface area contributed by atoms with Crippen LogP contribution in [0.5, 0.6) is 0 Å². The van der Waals surface area contributed by atoms with Crippen LogP contribution in [-0.2, 0) is 17.9 Å². The lowest BCUT2D eigenvalue weighted by Crippen LogP contribution is -2.31. The predicted molar refractivity (Wildman–Crippen MR) is 119 cm³/mol. The molecule has 32 heavy (non-hydrogen) atoms. The van der Waals surface area contributed by atoms with Gasteiger partial charge in [-0.3, -0.25) is 19.6 Å². The van der Waals surface area contributed by atoms with E-state index in [2.05, 4.69) is 20.6 Å². The standard InChI is InChI=1S/C24H27N5O3/c1-3-19(17-7-5-4-6-8-17)28-24(31)21-13-18(22-15-32-12-11-29(21)22)23(30)27-16(2)20-14-25-9-10-26-20/h4-10,13-14,16,19H,3,11-12,15H2,1-2H3,(H,27,30)(H,28,31). The first-order valence-electron chi connectivity index (χ1n) is 10.8. The van der Waals surface area contributed by atoms with E-state index in [4.69, 9.17) is 4.74 Å². The minimum atomic E-state index is -0.323. The molecule has 0 aliphatic carbocycles. The van der Waals surface area contributed by atoms with E-state index in [9.17, 15) is 9.59 Å². The van der Waals surface area contributed by atoms with Gasteiger partial charge in [-0.05, 0) is 25.0 Å². The number of fused-ring (bicyclic) bond motifs is 1. The lowest BCUT2D eigenvalue weighted by molar-refractivity contribution is 0.0774. The fourth-order valence-corrected chi connectivity index (χ4v) is 3.93. The summed E-state index contributed by atoms with van der Waals surface area (Å²) in [7, 11) is 0. The number of rotatable bonds is 7. The molecule has 1 aliphatic rings. The molecule has 8 heteroatoms. The highest BCUT2D eigenvalue weighted by Crippen LogP contribution is 2.24. The molecule has 4 rings (SSSR count). The number of carbonyl (C=O) groups is 2. The average Bonchev–Trinajstić information content (AvgIpc) is 3.23. The second-order valence-electron chi connectivity index (χ2n) is 7.76. The zero-order valence-electron chi connectivity index (χ0n) is 18.2. The van der Waals surface area contributed by atoms with E-state index in [0.29, 0.717) is 35.8 Å². The van der Waals surface area contributed by atoms with Crippen LogP contribution in [0.3, 0.4) is 0 Å². The number of amides is 2. The Balaban J connectivity index is 1.57. The number of carbonyl (C=O) groups excluding carboxylic acids is 2. The Morgan fingerprint density at radius 1 is 1.16 bits per heavy atom. The van der Waals surface area contributed by atoms with Gasteiger partial charge in [0, 0.05) is 18.9 Å². The van der Waals surface area contributed by atoms with Crippen molar-refractivity contribution in [2.24, 2.45) is 0 Å². The quantitative estimate of drug-likeness (QED) is 0.596. The molecule has 166 valence electrons. The maximum atomic E-state index is 13.2. The molecule has 0 bridgehead atoms.